The van der Waals surface area contributed by atoms with E-state index >= 15 is 0 Å². The molecule has 24 heavy (non-hydrogen) atoms. The van der Waals surface area contributed by atoms with Crippen LogP contribution in [0.4, 0.5) is 5.82 Å². The van der Waals surface area contributed by atoms with Crippen molar-refractivity contribution < 1.29 is 4.79 Å². The maximum absolute atomic E-state index is 12.1. The van der Waals surface area contributed by atoms with Crippen LogP contribution in [0.25, 0.3) is 0 Å². The number of amides is 1. The maximum atomic E-state index is 12.1. The molecule has 3 aromatic rings. The Kier molecular flexibility index (Phi) is 5.01. The van der Waals surface area contributed by atoms with Gasteiger partial charge in [0.25, 0.3) is 0 Å². The molecule has 2 aromatic heterocycles. The first-order chi connectivity index (χ1) is 11.5. The fraction of sp³-hybridized carbons (Fsp3) is 0.188. The molecule has 1 N–H and O–H groups in total. The lowest BCUT2D eigenvalue weighted by Gasteiger charge is -2.03. The molecule has 0 radical (unpaired) electrons. The molecule has 8 heteroatoms. The number of hydrogen-bond acceptors (Lipinski definition) is 3. The van der Waals surface area contributed by atoms with Crippen molar-refractivity contribution in [3.05, 3.63) is 63.5 Å². The maximum Gasteiger partial charge on any atom is 0.247 e. The standard InChI is InChI=1S/C16H15BrClN5O/c1-11-13(17)8-23(20-11)10-15(24)19-16-14(18)9-22(21-16)7-12-5-3-2-4-6-12/h2-6,8-9H,7,10H2,1H3,(H,19,21,24). The average Bonchev–Trinajstić information content (AvgIpc) is 3.02. The van der Waals surface area contributed by atoms with Crippen LogP contribution >= 0.6 is 27.5 Å². The van der Waals surface area contributed by atoms with Crippen LogP contribution in [-0.4, -0.2) is 25.5 Å². The van der Waals surface area contributed by atoms with Gasteiger partial charge >= 0.3 is 0 Å². The van der Waals surface area contributed by atoms with Crippen LogP contribution in [0.1, 0.15) is 11.3 Å². The zero-order valence-electron chi connectivity index (χ0n) is 12.9. The zero-order chi connectivity index (χ0) is 17.1. The summed E-state index contributed by atoms with van der Waals surface area (Å²) < 4.78 is 4.12. The van der Waals surface area contributed by atoms with Crippen LogP contribution in [0.5, 0.6) is 0 Å². The summed E-state index contributed by atoms with van der Waals surface area (Å²) in [6.45, 7) is 2.54. The summed E-state index contributed by atoms with van der Waals surface area (Å²) in [5.74, 6) is 0.109. The lowest BCUT2D eigenvalue weighted by Crippen LogP contribution is -2.19. The number of halogens is 2. The third-order valence-corrected chi connectivity index (χ3v) is 4.41. The van der Waals surface area contributed by atoms with E-state index in [0.717, 1.165) is 15.7 Å². The zero-order valence-corrected chi connectivity index (χ0v) is 15.3. The smallest absolute Gasteiger partial charge is 0.247 e. The summed E-state index contributed by atoms with van der Waals surface area (Å²) in [6.07, 6.45) is 3.45. The summed E-state index contributed by atoms with van der Waals surface area (Å²) in [6, 6.07) is 9.90. The second-order valence-corrected chi connectivity index (χ2v) is 6.58. The Morgan fingerprint density at radius 3 is 2.62 bits per heavy atom. The van der Waals surface area contributed by atoms with Crippen LogP contribution in [0.15, 0.2) is 47.2 Å². The van der Waals surface area contributed by atoms with E-state index in [1.165, 1.54) is 0 Å². The van der Waals surface area contributed by atoms with Crippen LogP contribution in [-0.2, 0) is 17.9 Å². The lowest BCUT2D eigenvalue weighted by atomic mass is 10.2. The van der Waals surface area contributed by atoms with Crippen molar-refractivity contribution in [3.8, 4) is 0 Å². The molecule has 0 aliphatic carbocycles. The number of nitrogens with one attached hydrogen (secondary N) is 1. The Bertz CT molecular complexity index is 839. The van der Waals surface area contributed by atoms with Gasteiger partial charge in [-0.15, -0.1) is 0 Å². The van der Waals surface area contributed by atoms with Crippen molar-refractivity contribution in [2.75, 3.05) is 5.32 Å². The molecule has 0 atom stereocenters. The molecule has 6 nitrogen and oxygen atoms in total. The Balaban J connectivity index is 1.65. The number of aromatic nitrogens is 4. The van der Waals surface area contributed by atoms with Gasteiger partial charge in [-0.05, 0) is 28.4 Å². The molecule has 124 valence electrons. The minimum absolute atomic E-state index is 0.0916. The molecule has 0 saturated carbocycles. The van der Waals surface area contributed by atoms with E-state index in [1.807, 2.05) is 37.3 Å². The summed E-state index contributed by atoms with van der Waals surface area (Å²) in [5, 5.41) is 11.7. The number of nitrogens with zero attached hydrogens (tertiary/aromatic N) is 4. The Morgan fingerprint density at radius 2 is 1.96 bits per heavy atom. The number of anilines is 1. The predicted octanol–water partition coefficient (Wildman–Crippen LogP) is 3.49. The first-order valence-electron chi connectivity index (χ1n) is 7.27. The van der Waals surface area contributed by atoms with E-state index in [1.54, 1.807) is 21.8 Å². The molecular formula is C16H15BrClN5O. The van der Waals surface area contributed by atoms with Gasteiger partial charge in [-0.25, -0.2) is 0 Å². The molecule has 0 aliphatic heterocycles. The molecule has 0 bridgehead atoms. The number of hydrogen-bond donors (Lipinski definition) is 1. The van der Waals surface area contributed by atoms with Gasteiger partial charge in [-0.2, -0.15) is 10.2 Å². The molecule has 0 saturated heterocycles. The monoisotopic (exact) mass is 407 g/mol. The van der Waals surface area contributed by atoms with Crippen molar-refractivity contribution in [3.63, 3.8) is 0 Å². The number of benzene rings is 1. The van der Waals surface area contributed by atoms with Crippen LogP contribution in [0.2, 0.25) is 5.02 Å². The average molecular weight is 409 g/mol. The predicted molar refractivity (Wildman–Crippen MR) is 96.1 cm³/mol. The topological polar surface area (TPSA) is 64.7 Å². The normalized spacial score (nSPS) is 10.8. The Morgan fingerprint density at radius 1 is 1.21 bits per heavy atom. The molecule has 0 aliphatic rings. The minimum atomic E-state index is -0.239. The van der Waals surface area contributed by atoms with E-state index in [-0.39, 0.29) is 12.5 Å². The fourth-order valence-electron chi connectivity index (χ4n) is 2.23. The molecular weight excluding hydrogens is 394 g/mol. The van der Waals surface area contributed by atoms with Gasteiger partial charge < -0.3 is 5.32 Å². The lowest BCUT2D eigenvalue weighted by molar-refractivity contribution is -0.116. The van der Waals surface area contributed by atoms with E-state index in [4.69, 9.17) is 11.6 Å². The van der Waals surface area contributed by atoms with Gasteiger partial charge in [0, 0.05) is 12.4 Å². The van der Waals surface area contributed by atoms with E-state index in [0.29, 0.717) is 17.4 Å². The molecule has 2 heterocycles. The van der Waals surface area contributed by atoms with Crippen molar-refractivity contribution in [2.45, 2.75) is 20.0 Å². The van der Waals surface area contributed by atoms with Crippen molar-refractivity contribution in [2.24, 2.45) is 0 Å². The molecule has 1 aromatic carbocycles. The first-order valence-corrected chi connectivity index (χ1v) is 8.44. The third kappa shape index (κ3) is 4.04. The highest BCUT2D eigenvalue weighted by molar-refractivity contribution is 9.10. The van der Waals surface area contributed by atoms with Gasteiger partial charge in [-0.3, -0.25) is 14.2 Å². The highest BCUT2D eigenvalue weighted by Crippen LogP contribution is 2.20. The molecule has 0 unspecified atom stereocenters. The molecule has 3 rings (SSSR count). The molecule has 0 spiro atoms. The number of carbonyl (C=O) groups is 1. The SMILES string of the molecule is Cc1nn(CC(=O)Nc2nn(Cc3ccccc3)cc2Cl)cc1Br. The Hall–Kier alpha value is -2.12. The number of aryl methyl sites for hydroxylation is 1. The highest BCUT2D eigenvalue weighted by Gasteiger charge is 2.12. The summed E-state index contributed by atoms with van der Waals surface area (Å²) in [5.41, 5.74) is 1.93. The van der Waals surface area contributed by atoms with Gasteiger partial charge in [0.2, 0.25) is 5.91 Å². The number of carbonyl (C=O) groups excluding carboxylic acids is 1. The van der Waals surface area contributed by atoms with Gasteiger partial charge in [-0.1, -0.05) is 41.9 Å². The highest BCUT2D eigenvalue weighted by atomic mass is 79.9. The van der Waals surface area contributed by atoms with Crippen LogP contribution in [0.3, 0.4) is 0 Å². The summed E-state index contributed by atoms with van der Waals surface area (Å²) >= 11 is 9.53. The molecule has 1 amide bonds. The Labute approximate surface area is 152 Å². The number of rotatable bonds is 5. The van der Waals surface area contributed by atoms with Crippen LogP contribution in [0, 0.1) is 6.92 Å². The first kappa shape index (κ1) is 16.7. The minimum Gasteiger partial charge on any atom is -0.306 e. The fourth-order valence-corrected chi connectivity index (χ4v) is 2.74. The van der Waals surface area contributed by atoms with E-state index < -0.39 is 0 Å². The van der Waals surface area contributed by atoms with E-state index in [9.17, 15) is 4.79 Å². The van der Waals surface area contributed by atoms with Gasteiger partial charge in [0.1, 0.15) is 11.6 Å². The van der Waals surface area contributed by atoms with Gasteiger partial charge in [0.05, 0.1) is 16.7 Å². The quantitative estimate of drug-likeness (QED) is 0.703. The second-order valence-electron chi connectivity index (χ2n) is 5.32. The van der Waals surface area contributed by atoms with Gasteiger partial charge in [0.15, 0.2) is 5.82 Å². The van der Waals surface area contributed by atoms with Crippen molar-refractivity contribution in [1.82, 2.24) is 19.6 Å². The van der Waals surface area contributed by atoms with Crippen molar-refractivity contribution in [1.29, 1.82) is 0 Å². The van der Waals surface area contributed by atoms with Crippen molar-refractivity contribution >= 4 is 39.3 Å². The van der Waals surface area contributed by atoms with E-state index in [2.05, 4.69) is 31.4 Å². The molecule has 0 fully saturated rings. The largest absolute Gasteiger partial charge is 0.306 e. The summed E-state index contributed by atoms with van der Waals surface area (Å²) in [4.78, 5) is 12.1. The van der Waals surface area contributed by atoms with Crippen LogP contribution < -0.4 is 5.32 Å². The third-order valence-electron chi connectivity index (χ3n) is 3.35. The second kappa shape index (κ2) is 7.19. The summed E-state index contributed by atoms with van der Waals surface area (Å²) in [7, 11) is 0.